The highest BCUT2D eigenvalue weighted by molar-refractivity contribution is 8.00. The maximum Gasteiger partial charge on any atom is 0.230 e. The molecule has 1 aliphatic rings. The number of thioether (sulfide) groups is 1. The van der Waals surface area contributed by atoms with Crippen LogP contribution in [0.2, 0.25) is 0 Å². The fourth-order valence-electron chi connectivity index (χ4n) is 1.69. The third kappa shape index (κ3) is 4.35. The van der Waals surface area contributed by atoms with E-state index in [1.807, 2.05) is 12.1 Å². The molecule has 0 radical (unpaired) electrons. The number of carbonyl (C=O) groups is 1. The van der Waals surface area contributed by atoms with Gasteiger partial charge in [0.15, 0.2) is 0 Å². The second-order valence-corrected chi connectivity index (χ2v) is 5.54. The Kier molecular flexibility index (Phi) is 5.08. The Labute approximate surface area is 113 Å². The average Bonchev–Trinajstić information content (AvgIpc) is 3.18. The molecule has 3 nitrogen and oxygen atoms in total. The van der Waals surface area contributed by atoms with Crippen molar-refractivity contribution in [3.63, 3.8) is 0 Å². The number of hydrogen-bond donors (Lipinski definition) is 2. The first-order chi connectivity index (χ1) is 8.79. The van der Waals surface area contributed by atoms with Crippen LogP contribution in [0.4, 0.5) is 0 Å². The molecule has 1 fully saturated rings. The lowest BCUT2D eigenvalue weighted by atomic mass is 10.2. The zero-order valence-electron chi connectivity index (χ0n) is 10.7. The van der Waals surface area contributed by atoms with Crippen molar-refractivity contribution in [1.82, 2.24) is 10.6 Å². The van der Waals surface area contributed by atoms with Crippen molar-refractivity contribution in [2.75, 3.05) is 12.3 Å². The summed E-state index contributed by atoms with van der Waals surface area (Å²) in [6, 6.07) is 8.72. The van der Waals surface area contributed by atoms with Crippen LogP contribution in [0.5, 0.6) is 0 Å². The fraction of sp³-hybridized carbons (Fsp3) is 0.500. The lowest BCUT2D eigenvalue weighted by molar-refractivity contribution is -0.118. The summed E-state index contributed by atoms with van der Waals surface area (Å²) in [5.74, 6) is 0.667. The van der Waals surface area contributed by atoms with Crippen LogP contribution < -0.4 is 10.6 Å². The van der Waals surface area contributed by atoms with E-state index in [4.69, 9.17) is 0 Å². The molecule has 0 aromatic heterocycles. The fourth-order valence-corrected chi connectivity index (χ4v) is 2.56. The van der Waals surface area contributed by atoms with Crippen LogP contribution in [-0.4, -0.2) is 24.2 Å². The molecule has 0 spiro atoms. The van der Waals surface area contributed by atoms with Crippen LogP contribution in [0.1, 0.15) is 25.3 Å². The molecule has 0 saturated heterocycles. The second-order valence-electron chi connectivity index (χ2n) is 4.52. The van der Waals surface area contributed by atoms with Gasteiger partial charge in [-0.2, -0.15) is 0 Å². The molecular weight excluding hydrogens is 244 g/mol. The Hall–Kier alpha value is -1.00. The summed E-state index contributed by atoms with van der Waals surface area (Å²) in [4.78, 5) is 12.8. The minimum atomic E-state index is 0.153. The first kappa shape index (κ1) is 13.4. The van der Waals surface area contributed by atoms with E-state index in [0.717, 1.165) is 25.9 Å². The van der Waals surface area contributed by atoms with Crippen molar-refractivity contribution < 1.29 is 4.79 Å². The van der Waals surface area contributed by atoms with Gasteiger partial charge in [-0.1, -0.05) is 25.1 Å². The molecule has 1 amide bonds. The van der Waals surface area contributed by atoms with Crippen molar-refractivity contribution in [2.45, 2.75) is 37.2 Å². The predicted molar refractivity (Wildman–Crippen MR) is 75.7 cm³/mol. The minimum Gasteiger partial charge on any atom is -0.353 e. The number of nitrogens with one attached hydrogen (secondary N) is 2. The molecule has 4 heteroatoms. The highest BCUT2D eigenvalue weighted by Gasteiger charge is 2.23. The van der Waals surface area contributed by atoms with Crippen LogP contribution in [0.3, 0.4) is 0 Å². The molecule has 2 rings (SSSR count). The molecule has 1 aromatic carbocycles. The second kappa shape index (κ2) is 6.81. The maximum absolute atomic E-state index is 11.6. The zero-order chi connectivity index (χ0) is 12.8. The minimum absolute atomic E-state index is 0.153. The lowest BCUT2D eigenvalue weighted by Crippen LogP contribution is -2.27. The smallest absolute Gasteiger partial charge is 0.230 e. The number of rotatable bonds is 7. The molecular formula is C14H20N2OS. The van der Waals surface area contributed by atoms with Crippen LogP contribution in [0.25, 0.3) is 0 Å². The Balaban J connectivity index is 1.84. The van der Waals surface area contributed by atoms with E-state index in [1.165, 1.54) is 10.5 Å². The first-order valence-electron chi connectivity index (χ1n) is 6.50. The third-order valence-electron chi connectivity index (χ3n) is 2.84. The van der Waals surface area contributed by atoms with E-state index >= 15 is 0 Å². The van der Waals surface area contributed by atoms with Crippen LogP contribution in [-0.2, 0) is 11.3 Å². The van der Waals surface area contributed by atoms with Crippen LogP contribution >= 0.6 is 11.8 Å². The van der Waals surface area contributed by atoms with E-state index in [-0.39, 0.29) is 5.91 Å². The van der Waals surface area contributed by atoms with Crippen LogP contribution in [0.15, 0.2) is 29.2 Å². The van der Waals surface area contributed by atoms with Gasteiger partial charge in [-0.05, 0) is 31.0 Å². The van der Waals surface area contributed by atoms with E-state index in [9.17, 15) is 4.79 Å². The van der Waals surface area contributed by atoms with Gasteiger partial charge in [-0.25, -0.2) is 0 Å². The topological polar surface area (TPSA) is 41.1 Å². The van der Waals surface area contributed by atoms with Crippen molar-refractivity contribution in [1.29, 1.82) is 0 Å². The Morgan fingerprint density at radius 1 is 1.39 bits per heavy atom. The van der Waals surface area contributed by atoms with Gasteiger partial charge in [0.25, 0.3) is 0 Å². The maximum atomic E-state index is 11.6. The Morgan fingerprint density at radius 2 is 2.17 bits per heavy atom. The highest BCUT2D eigenvalue weighted by Crippen LogP contribution is 2.23. The molecule has 1 aromatic rings. The largest absolute Gasteiger partial charge is 0.353 e. The van der Waals surface area contributed by atoms with Crippen molar-refractivity contribution in [2.24, 2.45) is 0 Å². The third-order valence-corrected chi connectivity index (χ3v) is 3.96. The number of carbonyl (C=O) groups excluding carboxylic acids is 1. The van der Waals surface area contributed by atoms with Gasteiger partial charge >= 0.3 is 0 Å². The average molecular weight is 264 g/mol. The standard InChI is InChI=1S/C14H20N2OS/c1-2-15-9-11-5-3-4-6-13(11)18-10-14(17)16-12-7-8-12/h3-6,12,15H,2,7-10H2,1H3,(H,16,17). The van der Waals surface area contributed by atoms with Crippen molar-refractivity contribution in [3.8, 4) is 0 Å². The van der Waals surface area contributed by atoms with Gasteiger partial charge in [-0.15, -0.1) is 11.8 Å². The normalized spacial score (nSPS) is 14.5. The monoisotopic (exact) mass is 264 g/mol. The number of benzene rings is 1. The Bertz CT molecular complexity index is 405. The first-order valence-corrected chi connectivity index (χ1v) is 7.49. The summed E-state index contributed by atoms with van der Waals surface area (Å²) in [5, 5.41) is 6.33. The van der Waals surface area contributed by atoms with Crippen LogP contribution in [0, 0.1) is 0 Å². The molecule has 18 heavy (non-hydrogen) atoms. The molecule has 0 aliphatic heterocycles. The summed E-state index contributed by atoms with van der Waals surface area (Å²) in [6.07, 6.45) is 2.29. The highest BCUT2D eigenvalue weighted by atomic mass is 32.2. The summed E-state index contributed by atoms with van der Waals surface area (Å²) in [6.45, 7) is 3.92. The molecule has 0 heterocycles. The van der Waals surface area contributed by atoms with Gasteiger partial charge in [0.05, 0.1) is 5.75 Å². The van der Waals surface area contributed by atoms with Gasteiger partial charge in [0, 0.05) is 17.5 Å². The molecule has 0 unspecified atom stereocenters. The quantitative estimate of drug-likeness (QED) is 0.742. The predicted octanol–water partition coefficient (Wildman–Crippen LogP) is 2.17. The van der Waals surface area contributed by atoms with Crippen molar-refractivity contribution in [3.05, 3.63) is 29.8 Å². The molecule has 0 bridgehead atoms. The summed E-state index contributed by atoms with van der Waals surface area (Å²) < 4.78 is 0. The van der Waals surface area contributed by atoms with Gasteiger partial charge < -0.3 is 10.6 Å². The Morgan fingerprint density at radius 3 is 2.89 bits per heavy atom. The van der Waals surface area contributed by atoms with Gasteiger partial charge in [-0.3, -0.25) is 4.79 Å². The molecule has 98 valence electrons. The summed E-state index contributed by atoms with van der Waals surface area (Å²) >= 11 is 1.62. The zero-order valence-corrected chi connectivity index (χ0v) is 11.6. The van der Waals surface area contributed by atoms with E-state index in [1.54, 1.807) is 11.8 Å². The molecule has 0 atom stereocenters. The molecule has 1 saturated carbocycles. The number of hydrogen-bond acceptors (Lipinski definition) is 3. The van der Waals surface area contributed by atoms with Crippen molar-refractivity contribution >= 4 is 17.7 Å². The molecule has 2 N–H and O–H groups in total. The van der Waals surface area contributed by atoms with Gasteiger partial charge in [0.1, 0.15) is 0 Å². The SMILES string of the molecule is CCNCc1ccccc1SCC(=O)NC1CC1. The van der Waals surface area contributed by atoms with Gasteiger partial charge in [0.2, 0.25) is 5.91 Å². The van der Waals surface area contributed by atoms with E-state index < -0.39 is 0 Å². The summed E-state index contributed by atoms with van der Waals surface area (Å²) in [5.41, 5.74) is 1.27. The lowest BCUT2D eigenvalue weighted by Gasteiger charge is -2.09. The molecule has 1 aliphatic carbocycles. The van der Waals surface area contributed by atoms with E-state index in [0.29, 0.717) is 11.8 Å². The van der Waals surface area contributed by atoms with E-state index in [2.05, 4.69) is 29.7 Å². The number of amides is 1. The summed E-state index contributed by atoms with van der Waals surface area (Å²) in [7, 11) is 0.